The van der Waals surface area contributed by atoms with E-state index in [2.05, 4.69) is 9.97 Å². The molecule has 5 rings (SSSR count). The molecule has 2 aromatic heterocycles. The Balaban J connectivity index is 1.26. The number of fused-ring (bicyclic) bond motifs is 2. The van der Waals surface area contributed by atoms with Gasteiger partial charge in [-0.2, -0.15) is 0 Å². The second kappa shape index (κ2) is 9.93. The van der Waals surface area contributed by atoms with Gasteiger partial charge >= 0.3 is 5.97 Å². The molecule has 2 unspecified atom stereocenters. The first-order chi connectivity index (χ1) is 17.4. The largest absolute Gasteiger partial charge is 0.482 e. The number of ether oxygens (including phenoxy) is 1. The predicted octanol–water partition coefficient (Wildman–Crippen LogP) is 3.37. The highest BCUT2D eigenvalue weighted by Gasteiger charge is 2.37. The van der Waals surface area contributed by atoms with E-state index in [9.17, 15) is 19.5 Å². The van der Waals surface area contributed by atoms with Crippen molar-refractivity contribution in [3.63, 3.8) is 0 Å². The lowest BCUT2D eigenvalue weighted by atomic mass is 9.98. The number of pyridine rings is 2. The number of carbonyl (C=O) groups excluding carboxylic acids is 2. The zero-order valence-electron chi connectivity index (χ0n) is 20.1. The van der Waals surface area contributed by atoms with E-state index in [1.165, 1.54) is 4.90 Å². The summed E-state index contributed by atoms with van der Waals surface area (Å²) in [4.78, 5) is 49.1. The number of aryl methyl sites for hydroxylation is 1. The molecule has 2 amide bonds. The van der Waals surface area contributed by atoms with E-state index < -0.39 is 12.0 Å². The van der Waals surface area contributed by atoms with Gasteiger partial charge in [0.15, 0.2) is 12.3 Å². The van der Waals surface area contributed by atoms with Crippen LogP contribution in [0.2, 0.25) is 0 Å². The molecule has 0 spiro atoms. The molecule has 2 atom stereocenters. The molecular weight excluding hydrogens is 460 g/mol. The van der Waals surface area contributed by atoms with Crippen molar-refractivity contribution in [1.29, 1.82) is 0 Å². The van der Waals surface area contributed by atoms with Crippen molar-refractivity contribution in [2.24, 2.45) is 5.92 Å². The van der Waals surface area contributed by atoms with E-state index in [1.807, 2.05) is 24.3 Å². The van der Waals surface area contributed by atoms with Crippen molar-refractivity contribution < 1.29 is 24.2 Å². The Morgan fingerprint density at radius 3 is 2.92 bits per heavy atom. The Kier molecular flexibility index (Phi) is 6.54. The van der Waals surface area contributed by atoms with Crippen LogP contribution in [0.25, 0.3) is 11.0 Å². The minimum absolute atomic E-state index is 0.0136. The number of likely N-dealkylation sites (N-methyl/N-ethyl adjacent to an activating group) is 1. The van der Waals surface area contributed by atoms with Gasteiger partial charge in [-0.15, -0.1) is 0 Å². The van der Waals surface area contributed by atoms with Crippen molar-refractivity contribution in [3.8, 4) is 5.75 Å². The number of anilines is 1. The number of likely N-dealkylation sites (tertiary alicyclic amines) is 1. The second-order valence-corrected chi connectivity index (χ2v) is 9.34. The van der Waals surface area contributed by atoms with Crippen LogP contribution in [0.15, 0.2) is 48.7 Å². The normalized spacial score (nSPS) is 18.3. The van der Waals surface area contributed by atoms with Crippen molar-refractivity contribution in [2.45, 2.75) is 38.1 Å². The SMILES string of the molecule is CN1C(=O)COc2cc(C(CC(=O)O)N3CCC(CCCc4ccc5cccnc5n4)C3=O)ccc21. The maximum absolute atomic E-state index is 13.3. The monoisotopic (exact) mass is 488 g/mol. The lowest BCUT2D eigenvalue weighted by molar-refractivity contribution is -0.140. The van der Waals surface area contributed by atoms with Gasteiger partial charge in [-0.3, -0.25) is 14.4 Å². The number of aromatic nitrogens is 2. The Labute approximate surface area is 208 Å². The summed E-state index contributed by atoms with van der Waals surface area (Å²) in [6.45, 7) is 0.444. The fourth-order valence-electron chi connectivity index (χ4n) is 5.08. The molecule has 9 heteroatoms. The number of rotatable bonds is 8. The van der Waals surface area contributed by atoms with E-state index in [0.717, 1.165) is 36.0 Å². The average Bonchev–Trinajstić information content (AvgIpc) is 3.24. The summed E-state index contributed by atoms with van der Waals surface area (Å²) in [5, 5.41) is 10.6. The van der Waals surface area contributed by atoms with E-state index in [-0.39, 0.29) is 30.8 Å². The molecule has 186 valence electrons. The number of carboxylic acids is 1. The van der Waals surface area contributed by atoms with Crippen LogP contribution in [0.4, 0.5) is 5.69 Å². The average molecular weight is 489 g/mol. The summed E-state index contributed by atoms with van der Waals surface area (Å²) in [6.07, 6.45) is 4.51. The predicted molar refractivity (Wildman–Crippen MR) is 133 cm³/mol. The number of carboxylic acid groups (broad SMARTS) is 1. The van der Waals surface area contributed by atoms with Gasteiger partial charge < -0.3 is 19.6 Å². The minimum atomic E-state index is -0.974. The van der Waals surface area contributed by atoms with Crippen LogP contribution in [0, 0.1) is 5.92 Å². The summed E-state index contributed by atoms with van der Waals surface area (Å²) in [5.74, 6) is -0.758. The summed E-state index contributed by atoms with van der Waals surface area (Å²) >= 11 is 0. The number of benzene rings is 1. The number of amides is 2. The van der Waals surface area contributed by atoms with Gasteiger partial charge in [-0.05, 0) is 67.6 Å². The van der Waals surface area contributed by atoms with Gasteiger partial charge in [0, 0.05) is 36.8 Å². The fraction of sp³-hybridized carbons (Fsp3) is 0.370. The molecule has 1 aromatic carbocycles. The van der Waals surface area contributed by atoms with E-state index in [0.29, 0.717) is 30.0 Å². The van der Waals surface area contributed by atoms with Gasteiger partial charge in [0.2, 0.25) is 5.91 Å². The van der Waals surface area contributed by atoms with Crippen LogP contribution < -0.4 is 9.64 Å². The molecule has 0 aliphatic carbocycles. The molecule has 1 N–H and O–H groups in total. The maximum atomic E-state index is 13.3. The first-order valence-corrected chi connectivity index (χ1v) is 12.2. The van der Waals surface area contributed by atoms with Crippen LogP contribution in [0.3, 0.4) is 0 Å². The molecule has 1 fully saturated rings. The van der Waals surface area contributed by atoms with Crippen LogP contribution in [0.5, 0.6) is 5.75 Å². The lowest BCUT2D eigenvalue weighted by Crippen LogP contribution is -2.36. The van der Waals surface area contributed by atoms with Gasteiger partial charge in [0.1, 0.15) is 5.75 Å². The standard InChI is InChI=1S/C27H28N4O5/c1-30-21-10-8-19(14-23(21)36-16-24(30)32)22(15-25(33)34)31-13-11-18(27(31)35)4-2-6-20-9-7-17-5-3-12-28-26(17)29-20/h3,5,7-10,12,14,18,22H,2,4,6,11,13,15-16H2,1H3,(H,33,34). The Morgan fingerprint density at radius 2 is 2.08 bits per heavy atom. The first kappa shape index (κ1) is 23.7. The van der Waals surface area contributed by atoms with Crippen LogP contribution in [-0.2, 0) is 20.8 Å². The van der Waals surface area contributed by atoms with Crippen LogP contribution in [-0.4, -0.2) is 58.0 Å². The maximum Gasteiger partial charge on any atom is 0.305 e. The Morgan fingerprint density at radius 1 is 1.22 bits per heavy atom. The first-order valence-electron chi connectivity index (χ1n) is 12.2. The third-order valence-electron chi connectivity index (χ3n) is 7.06. The highest BCUT2D eigenvalue weighted by Crippen LogP contribution is 2.38. The van der Waals surface area contributed by atoms with Crippen LogP contribution >= 0.6 is 0 Å². The van der Waals surface area contributed by atoms with Gasteiger partial charge in [0.25, 0.3) is 5.91 Å². The number of hydrogen-bond acceptors (Lipinski definition) is 6. The van der Waals surface area contributed by atoms with Crippen molar-refractivity contribution in [3.05, 3.63) is 59.9 Å². The molecule has 0 saturated carbocycles. The number of carbonyl (C=O) groups is 3. The van der Waals surface area contributed by atoms with Crippen LogP contribution in [0.1, 0.15) is 43.0 Å². The number of nitrogens with zero attached hydrogens (tertiary/aromatic N) is 4. The molecule has 4 heterocycles. The van der Waals surface area contributed by atoms with E-state index >= 15 is 0 Å². The molecule has 1 saturated heterocycles. The highest BCUT2D eigenvalue weighted by atomic mass is 16.5. The zero-order chi connectivity index (χ0) is 25.2. The zero-order valence-corrected chi connectivity index (χ0v) is 20.1. The summed E-state index contributed by atoms with van der Waals surface area (Å²) in [6, 6.07) is 12.6. The second-order valence-electron chi connectivity index (χ2n) is 9.34. The van der Waals surface area contributed by atoms with Crippen molar-refractivity contribution >= 4 is 34.5 Å². The quantitative estimate of drug-likeness (QED) is 0.517. The molecule has 9 nitrogen and oxygen atoms in total. The fourth-order valence-corrected chi connectivity index (χ4v) is 5.08. The molecule has 36 heavy (non-hydrogen) atoms. The highest BCUT2D eigenvalue weighted by molar-refractivity contribution is 5.97. The summed E-state index contributed by atoms with van der Waals surface area (Å²) < 4.78 is 5.58. The number of aliphatic carboxylic acids is 1. The molecule has 3 aromatic rings. The lowest BCUT2D eigenvalue weighted by Gasteiger charge is -2.30. The Hall–Kier alpha value is -4.01. The smallest absolute Gasteiger partial charge is 0.305 e. The topological polar surface area (TPSA) is 113 Å². The summed E-state index contributed by atoms with van der Waals surface area (Å²) in [5.41, 5.74) is 3.00. The third-order valence-corrected chi connectivity index (χ3v) is 7.06. The molecule has 2 aliphatic heterocycles. The van der Waals surface area contributed by atoms with E-state index in [1.54, 1.807) is 36.3 Å². The Bertz CT molecular complexity index is 1330. The van der Waals surface area contributed by atoms with E-state index in [4.69, 9.17) is 4.74 Å². The molecule has 0 radical (unpaired) electrons. The molecule has 0 bridgehead atoms. The molecule has 2 aliphatic rings. The molecular formula is C27H28N4O5. The minimum Gasteiger partial charge on any atom is -0.482 e. The number of hydrogen-bond donors (Lipinski definition) is 1. The van der Waals surface area contributed by atoms with Crippen molar-refractivity contribution in [1.82, 2.24) is 14.9 Å². The summed E-state index contributed by atoms with van der Waals surface area (Å²) in [7, 11) is 1.68. The van der Waals surface area contributed by atoms with Crippen molar-refractivity contribution in [2.75, 3.05) is 25.1 Å². The van der Waals surface area contributed by atoms with Gasteiger partial charge in [-0.25, -0.2) is 9.97 Å². The third kappa shape index (κ3) is 4.73. The van der Waals surface area contributed by atoms with Gasteiger partial charge in [0.05, 0.1) is 18.2 Å². The van der Waals surface area contributed by atoms with Gasteiger partial charge in [-0.1, -0.05) is 6.07 Å².